The molecule has 1 saturated carbocycles. The number of nitrogens with one attached hydrogen (secondary N) is 2. The van der Waals surface area contributed by atoms with Gasteiger partial charge in [-0.05, 0) is 50.9 Å². The first-order valence-corrected chi connectivity index (χ1v) is 13.8. The van der Waals surface area contributed by atoms with Crippen LogP contribution in [-0.4, -0.2) is 70.2 Å². The zero-order valence-corrected chi connectivity index (χ0v) is 22.1. The molecule has 0 aromatic heterocycles. The number of hydrogen-bond acceptors (Lipinski definition) is 5. The number of hydrogen-bond donors (Lipinski definition) is 3. The molecule has 0 aromatic rings. The Morgan fingerprint density at radius 1 is 1.20 bits per heavy atom. The molecule has 3 N–H and O–H groups in total. The number of aliphatic hydroxyl groups is 1. The minimum Gasteiger partial charge on any atom is -0.394 e. The SMILES string of the molecule is CCCNC(=O)[C@@H]1[C@H]2C(=O)N([C@@H](CO)CC(C)C)C(C(=O)NC3CCCCC3)C23CC(C)[C@@]1(C)O3. The van der Waals surface area contributed by atoms with Crippen molar-refractivity contribution in [1.29, 1.82) is 0 Å². The lowest BCUT2D eigenvalue weighted by Crippen LogP contribution is -2.59. The van der Waals surface area contributed by atoms with E-state index < -0.39 is 35.1 Å². The van der Waals surface area contributed by atoms with E-state index in [1.807, 2.05) is 27.7 Å². The van der Waals surface area contributed by atoms with E-state index in [4.69, 9.17) is 4.74 Å². The number of rotatable bonds is 9. The normalized spacial score (nSPS) is 37.6. The fourth-order valence-electron chi connectivity index (χ4n) is 7.47. The fourth-order valence-corrected chi connectivity index (χ4v) is 7.47. The molecule has 7 atom stereocenters. The molecule has 35 heavy (non-hydrogen) atoms. The summed E-state index contributed by atoms with van der Waals surface area (Å²) < 4.78 is 6.75. The van der Waals surface area contributed by atoms with Crippen LogP contribution < -0.4 is 10.6 Å². The van der Waals surface area contributed by atoms with Crippen molar-refractivity contribution < 1.29 is 24.2 Å². The van der Waals surface area contributed by atoms with Crippen molar-refractivity contribution in [3.63, 3.8) is 0 Å². The number of carbonyl (C=O) groups is 3. The van der Waals surface area contributed by atoms with Gasteiger partial charge in [0, 0.05) is 12.6 Å². The Bertz CT molecular complexity index is 828. The van der Waals surface area contributed by atoms with Gasteiger partial charge in [-0.25, -0.2) is 0 Å². The lowest BCUT2D eigenvalue weighted by molar-refractivity contribution is -0.151. The highest BCUT2D eigenvalue weighted by molar-refractivity contribution is 5.99. The second-order valence-electron chi connectivity index (χ2n) is 12.0. The summed E-state index contributed by atoms with van der Waals surface area (Å²) in [5, 5.41) is 16.6. The molecular formula is C27H45N3O5. The van der Waals surface area contributed by atoms with Gasteiger partial charge in [0.2, 0.25) is 17.7 Å². The van der Waals surface area contributed by atoms with Crippen molar-refractivity contribution in [3.05, 3.63) is 0 Å². The highest BCUT2D eigenvalue weighted by atomic mass is 16.5. The Morgan fingerprint density at radius 3 is 2.49 bits per heavy atom. The van der Waals surface area contributed by atoms with Crippen LogP contribution in [-0.2, 0) is 19.1 Å². The van der Waals surface area contributed by atoms with Crippen LogP contribution in [0.4, 0.5) is 0 Å². The molecule has 2 bridgehead atoms. The molecule has 4 aliphatic rings. The lowest BCUT2D eigenvalue weighted by atomic mass is 9.62. The third-order valence-corrected chi connectivity index (χ3v) is 9.13. The Kier molecular flexibility index (Phi) is 7.54. The van der Waals surface area contributed by atoms with Crippen LogP contribution in [0.1, 0.15) is 86.0 Å². The molecule has 8 heteroatoms. The number of fused-ring (bicyclic) bond motifs is 1. The van der Waals surface area contributed by atoms with Gasteiger partial charge >= 0.3 is 0 Å². The van der Waals surface area contributed by atoms with Crippen molar-refractivity contribution in [3.8, 4) is 0 Å². The standard InChI is InChI=1S/C27H45N3O5/c1-6-12-28-23(32)20-21-25(34)30(19(15-31)13-16(2)3)22(24(33)29-18-10-8-7-9-11-18)27(21)14-17(4)26(20,5)35-27/h16-22,31H,6-15H2,1-5H3,(H,28,32)(H,29,33)/t17?,19-,20+,21+,22?,26-,27?/m1/s1. The van der Waals surface area contributed by atoms with E-state index in [0.717, 1.165) is 32.1 Å². The lowest BCUT2D eigenvalue weighted by Gasteiger charge is -2.38. The first-order valence-electron chi connectivity index (χ1n) is 13.8. The van der Waals surface area contributed by atoms with Gasteiger partial charge in [0.25, 0.3) is 0 Å². The highest BCUT2D eigenvalue weighted by Crippen LogP contribution is 2.65. The monoisotopic (exact) mass is 491 g/mol. The summed E-state index contributed by atoms with van der Waals surface area (Å²) in [6.45, 7) is 10.4. The van der Waals surface area contributed by atoms with E-state index in [9.17, 15) is 19.5 Å². The summed E-state index contributed by atoms with van der Waals surface area (Å²) in [6, 6.07) is -1.24. The zero-order valence-electron chi connectivity index (χ0n) is 22.1. The van der Waals surface area contributed by atoms with Gasteiger partial charge in [-0.1, -0.05) is 47.0 Å². The fraction of sp³-hybridized carbons (Fsp3) is 0.889. The van der Waals surface area contributed by atoms with Crippen LogP contribution in [0, 0.1) is 23.7 Å². The minimum atomic E-state index is -1.05. The van der Waals surface area contributed by atoms with E-state index >= 15 is 0 Å². The topological polar surface area (TPSA) is 108 Å². The van der Waals surface area contributed by atoms with Crippen molar-refractivity contribution in [2.24, 2.45) is 23.7 Å². The molecule has 0 radical (unpaired) electrons. The summed E-state index contributed by atoms with van der Waals surface area (Å²) in [5.41, 5.74) is -1.86. The van der Waals surface area contributed by atoms with Gasteiger partial charge in [-0.3, -0.25) is 14.4 Å². The summed E-state index contributed by atoms with van der Waals surface area (Å²) in [5.74, 6) is -1.70. The number of ether oxygens (including phenoxy) is 1. The van der Waals surface area contributed by atoms with Gasteiger partial charge < -0.3 is 25.4 Å². The van der Waals surface area contributed by atoms with E-state index in [2.05, 4.69) is 17.6 Å². The van der Waals surface area contributed by atoms with Crippen LogP contribution in [0.3, 0.4) is 0 Å². The molecule has 8 nitrogen and oxygen atoms in total. The largest absolute Gasteiger partial charge is 0.394 e. The molecular weight excluding hydrogens is 446 g/mol. The summed E-state index contributed by atoms with van der Waals surface area (Å²) in [7, 11) is 0. The Hall–Kier alpha value is -1.67. The maximum Gasteiger partial charge on any atom is 0.246 e. The van der Waals surface area contributed by atoms with Crippen LogP contribution in [0.5, 0.6) is 0 Å². The number of carbonyl (C=O) groups excluding carboxylic acids is 3. The third kappa shape index (κ3) is 4.28. The van der Waals surface area contributed by atoms with E-state index in [-0.39, 0.29) is 42.2 Å². The van der Waals surface area contributed by atoms with Crippen molar-refractivity contribution in [2.75, 3.05) is 13.2 Å². The minimum absolute atomic E-state index is 0.0199. The third-order valence-electron chi connectivity index (χ3n) is 9.13. The van der Waals surface area contributed by atoms with Crippen molar-refractivity contribution in [1.82, 2.24) is 15.5 Å². The van der Waals surface area contributed by atoms with E-state index in [1.165, 1.54) is 6.42 Å². The molecule has 4 fully saturated rings. The quantitative estimate of drug-likeness (QED) is 0.459. The molecule has 1 aliphatic carbocycles. The molecule has 4 rings (SSSR count). The molecule has 198 valence electrons. The smallest absolute Gasteiger partial charge is 0.246 e. The van der Waals surface area contributed by atoms with Crippen LogP contribution >= 0.6 is 0 Å². The zero-order chi connectivity index (χ0) is 25.5. The maximum absolute atomic E-state index is 14.2. The van der Waals surface area contributed by atoms with Crippen LogP contribution in [0.25, 0.3) is 0 Å². The molecule has 3 amide bonds. The average Bonchev–Trinajstić information content (AvgIpc) is 3.33. The van der Waals surface area contributed by atoms with E-state index in [0.29, 0.717) is 19.4 Å². The van der Waals surface area contributed by atoms with Gasteiger partial charge in [0.05, 0.1) is 30.1 Å². The summed E-state index contributed by atoms with van der Waals surface area (Å²) >= 11 is 0. The summed E-state index contributed by atoms with van der Waals surface area (Å²) in [6.07, 6.45) is 7.17. The second-order valence-corrected chi connectivity index (χ2v) is 12.0. The Morgan fingerprint density at radius 2 is 1.89 bits per heavy atom. The molecule has 3 unspecified atom stereocenters. The van der Waals surface area contributed by atoms with Crippen LogP contribution in [0.15, 0.2) is 0 Å². The first-order chi connectivity index (χ1) is 16.6. The maximum atomic E-state index is 14.2. The molecule has 1 spiro atoms. The first kappa shape index (κ1) is 26.4. The Labute approximate surface area is 209 Å². The van der Waals surface area contributed by atoms with Crippen LogP contribution in [0.2, 0.25) is 0 Å². The van der Waals surface area contributed by atoms with Crippen molar-refractivity contribution in [2.45, 2.75) is 115 Å². The second kappa shape index (κ2) is 10.0. The molecule has 3 heterocycles. The van der Waals surface area contributed by atoms with Gasteiger partial charge in [0.1, 0.15) is 11.6 Å². The summed E-state index contributed by atoms with van der Waals surface area (Å²) in [4.78, 5) is 43.2. The predicted octanol–water partition coefficient (Wildman–Crippen LogP) is 2.38. The molecule has 0 aromatic carbocycles. The van der Waals surface area contributed by atoms with Crippen molar-refractivity contribution >= 4 is 17.7 Å². The molecule has 3 aliphatic heterocycles. The molecule has 3 saturated heterocycles. The van der Waals surface area contributed by atoms with E-state index in [1.54, 1.807) is 4.90 Å². The average molecular weight is 492 g/mol. The number of aliphatic hydroxyl groups excluding tert-OH is 1. The van der Waals surface area contributed by atoms with Gasteiger partial charge in [-0.15, -0.1) is 0 Å². The van der Waals surface area contributed by atoms with Gasteiger partial charge in [0.15, 0.2) is 0 Å². The highest BCUT2D eigenvalue weighted by Gasteiger charge is 2.80. The number of amides is 3. The van der Waals surface area contributed by atoms with Gasteiger partial charge in [-0.2, -0.15) is 0 Å². The number of likely N-dealkylation sites (tertiary alicyclic amines) is 1. The Balaban J connectivity index is 1.75. The predicted molar refractivity (Wildman–Crippen MR) is 132 cm³/mol. The number of nitrogens with zero attached hydrogens (tertiary/aromatic N) is 1.